The fourth-order valence-corrected chi connectivity index (χ4v) is 1.63. The third kappa shape index (κ3) is 3.71. The van der Waals surface area contributed by atoms with E-state index in [2.05, 4.69) is 53.6 Å². The van der Waals surface area contributed by atoms with Gasteiger partial charge < -0.3 is 14.7 Å². The highest BCUT2D eigenvalue weighted by Crippen LogP contribution is 2.10. The van der Waals surface area contributed by atoms with E-state index in [1.165, 1.54) is 5.56 Å². The molecule has 2 aromatic rings. The van der Waals surface area contributed by atoms with Gasteiger partial charge in [-0.05, 0) is 31.1 Å². The molecule has 0 fully saturated rings. The Labute approximate surface area is 113 Å². The molecule has 19 heavy (non-hydrogen) atoms. The Kier molecular flexibility index (Phi) is 4.39. The van der Waals surface area contributed by atoms with Crippen LogP contribution in [0.4, 0.5) is 11.6 Å². The van der Waals surface area contributed by atoms with Crippen LogP contribution in [0.25, 0.3) is 0 Å². The van der Waals surface area contributed by atoms with E-state index in [4.69, 9.17) is 4.52 Å². The normalized spacial score (nSPS) is 10.5. The first-order valence-corrected chi connectivity index (χ1v) is 6.53. The molecule has 0 atom stereocenters. The maximum Gasteiger partial charge on any atom is 0.265 e. The van der Waals surface area contributed by atoms with Crippen LogP contribution in [0.5, 0.6) is 0 Å². The second-order valence-electron chi connectivity index (χ2n) is 4.55. The van der Waals surface area contributed by atoms with Crippen LogP contribution < -0.4 is 10.2 Å². The van der Waals surface area contributed by atoms with Crippen molar-refractivity contribution in [1.29, 1.82) is 0 Å². The highest BCUT2D eigenvalue weighted by Gasteiger charge is 2.08. The number of rotatable bonds is 6. The second-order valence-corrected chi connectivity index (χ2v) is 4.55. The molecule has 0 spiro atoms. The predicted molar refractivity (Wildman–Crippen MR) is 76.6 cm³/mol. The average molecular weight is 260 g/mol. The number of nitrogens with zero attached hydrogens (tertiary/aromatic N) is 3. The van der Waals surface area contributed by atoms with E-state index >= 15 is 0 Å². The molecule has 0 radical (unpaired) electrons. The highest BCUT2D eigenvalue weighted by molar-refractivity contribution is 5.44. The zero-order valence-corrected chi connectivity index (χ0v) is 11.7. The molecule has 0 saturated carbocycles. The molecule has 1 heterocycles. The van der Waals surface area contributed by atoms with Crippen molar-refractivity contribution in [1.82, 2.24) is 10.1 Å². The van der Waals surface area contributed by atoms with Crippen molar-refractivity contribution < 1.29 is 4.52 Å². The average Bonchev–Trinajstić information content (AvgIpc) is 2.89. The van der Waals surface area contributed by atoms with E-state index < -0.39 is 0 Å². The summed E-state index contributed by atoms with van der Waals surface area (Å²) in [5.41, 5.74) is 2.37. The van der Waals surface area contributed by atoms with Gasteiger partial charge in [0.05, 0.1) is 0 Å². The lowest BCUT2D eigenvalue weighted by Gasteiger charge is -2.08. The zero-order valence-electron chi connectivity index (χ0n) is 11.7. The Bertz CT molecular complexity index is 506. The first-order chi connectivity index (χ1) is 9.19. The molecule has 0 saturated heterocycles. The van der Waals surface area contributed by atoms with E-state index in [1.807, 2.05) is 11.9 Å². The Morgan fingerprint density at radius 2 is 2.00 bits per heavy atom. The van der Waals surface area contributed by atoms with Crippen molar-refractivity contribution >= 4 is 11.6 Å². The molecule has 1 aromatic carbocycles. The summed E-state index contributed by atoms with van der Waals surface area (Å²) in [4.78, 5) is 6.28. The summed E-state index contributed by atoms with van der Waals surface area (Å²) in [6, 6.07) is 8.31. The minimum atomic E-state index is 0.646. The van der Waals surface area contributed by atoms with Crippen molar-refractivity contribution in [2.45, 2.75) is 20.3 Å². The van der Waals surface area contributed by atoms with Crippen LogP contribution in [-0.2, 0) is 6.42 Å². The fourth-order valence-electron chi connectivity index (χ4n) is 1.63. The van der Waals surface area contributed by atoms with Crippen LogP contribution in [0.2, 0.25) is 0 Å². The minimum Gasteiger partial charge on any atom is -0.385 e. The van der Waals surface area contributed by atoms with Crippen molar-refractivity contribution in [3.63, 3.8) is 0 Å². The van der Waals surface area contributed by atoms with Gasteiger partial charge in [0, 0.05) is 32.2 Å². The van der Waals surface area contributed by atoms with Gasteiger partial charge in [-0.2, -0.15) is 4.98 Å². The molecule has 1 aromatic heterocycles. The SMILES string of the molecule is CCN(C)c1noc(CCNc2ccc(C)cc2)n1. The summed E-state index contributed by atoms with van der Waals surface area (Å²) in [5.74, 6) is 1.31. The van der Waals surface area contributed by atoms with Crippen LogP contribution in [0.3, 0.4) is 0 Å². The third-order valence-corrected chi connectivity index (χ3v) is 2.99. The third-order valence-electron chi connectivity index (χ3n) is 2.99. The van der Waals surface area contributed by atoms with Crippen LogP contribution in [0.15, 0.2) is 28.8 Å². The van der Waals surface area contributed by atoms with Crippen LogP contribution in [0, 0.1) is 6.92 Å². The van der Waals surface area contributed by atoms with Crippen molar-refractivity contribution in [3.05, 3.63) is 35.7 Å². The van der Waals surface area contributed by atoms with Crippen molar-refractivity contribution in [2.24, 2.45) is 0 Å². The van der Waals surface area contributed by atoms with E-state index in [-0.39, 0.29) is 0 Å². The van der Waals surface area contributed by atoms with E-state index in [0.717, 1.165) is 25.2 Å². The fraction of sp³-hybridized carbons (Fsp3) is 0.429. The first kappa shape index (κ1) is 13.4. The molecule has 2 rings (SSSR count). The van der Waals surface area contributed by atoms with Gasteiger partial charge in [-0.3, -0.25) is 0 Å². The number of hydrogen-bond donors (Lipinski definition) is 1. The maximum absolute atomic E-state index is 5.20. The Morgan fingerprint density at radius 1 is 1.26 bits per heavy atom. The van der Waals surface area contributed by atoms with E-state index in [1.54, 1.807) is 0 Å². The van der Waals surface area contributed by atoms with Crippen molar-refractivity contribution in [2.75, 3.05) is 30.4 Å². The molecule has 1 N–H and O–H groups in total. The Balaban J connectivity index is 1.82. The molecule has 102 valence electrons. The van der Waals surface area contributed by atoms with Gasteiger partial charge in [-0.25, -0.2) is 0 Å². The maximum atomic E-state index is 5.20. The van der Waals surface area contributed by atoms with Crippen LogP contribution in [0.1, 0.15) is 18.4 Å². The summed E-state index contributed by atoms with van der Waals surface area (Å²) in [7, 11) is 1.94. The van der Waals surface area contributed by atoms with E-state index in [9.17, 15) is 0 Å². The lowest BCUT2D eigenvalue weighted by molar-refractivity contribution is 0.380. The standard InChI is InChI=1S/C14H20N4O/c1-4-18(3)14-16-13(19-17-14)9-10-15-12-7-5-11(2)6-8-12/h5-8,15H,4,9-10H2,1-3H3. The first-order valence-electron chi connectivity index (χ1n) is 6.53. The lowest BCUT2D eigenvalue weighted by atomic mass is 10.2. The largest absolute Gasteiger partial charge is 0.385 e. The summed E-state index contributed by atoms with van der Waals surface area (Å²) in [5, 5.41) is 7.27. The highest BCUT2D eigenvalue weighted by atomic mass is 16.5. The molecule has 0 unspecified atom stereocenters. The lowest BCUT2D eigenvalue weighted by Crippen LogP contribution is -2.17. The number of hydrogen-bond acceptors (Lipinski definition) is 5. The minimum absolute atomic E-state index is 0.646. The quantitative estimate of drug-likeness (QED) is 0.864. The predicted octanol–water partition coefficient (Wildman–Crippen LogP) is 2.49. The smallest absolute Gasteiger partial charge is 0.265 e. The molecule has 0 aliphatic rings. The van der Waals surface area contributed by atoms with Gasteiger partial charge in [0.25, 0.3) is 5.95 Å². The number of aryl methyl sites for hydroxylation is 1. The topological polar surface area (TPSA) is 54.2 Å². The van der Waals surface area contributed by atoms with Gasteiger partial charge in [-0.1, -0.05) is 17.7 Å². The van der Waals surface area contributed by atoms with E-state index in [0.29, 0.717) is 11.8 Å². The summed E-state index contributed by atoms with van der Waals surface area (Å²) in [6.45, 7) is 5.77. The van der Waals surface area contributed by atoms with Crippen LogP contribution >= 0.6 is 0 Å². The number of anilines is 2. The monoisotopic (exact) mass is 260 g/mol. The molecule has 0 bridgehead atoms. The van der Waals surface area contributed by atoms with Gasteiger partial charge in [0.15, 0.2) is 0 Å². The molecule has 5 nitrogen and oxygen atoms in total. The molecular formula is C14H20N4O. The molecule has 5 heteroatoms. The van der Waals surface area contributed by atoms with Crippen LogP contribution in [-0.4, -0.2) is 30.3 Å². The van der Waals surface area contributed by atoms with Gasteiger partial charge >= 0.3 is 0 Å². The zero-order chi connectivity index (χ0) is 13.7. The van der Waals surface area contributed by atoms with Gasteiger partial charge in [0.2, 0.25) is 5.89 Å². The van der Waals surface area contributed by atoms with Gasteiger partial charge in [0.1, 0.15) is 0 Å². The summed E-state index contributed by atoms with van der Waals surface area (Å²) < 4.78 is 5.20. The van der Waals surface area contributed by atoms with Crippen molar-refractivity contribution in [3.8, 4) is 0 Å². The molecule has 0 aliphatic carbocycles. The molecule has 0 aliphatic heterocycles. The number of nitrogens with one attached hydrogen (secondary N) is 1. The van der Waals surface area contributed by atoms with Gasteiger partial charge in [-0.15, -0.1) is 0 Å². The number of benzene rings is 1. The molecule has 0 amide bonds. The second kappa shape index (κ2) is 6.22. The summed E-state index contributed by atoms with van der Waals surface area (Å²) >= 11 is 0. The number of aromatic nitrogens is 2. The Hall–Kier alpha value is -2.04. The Morgan fingerprint density at radius 3 is 2.68 bits per heavy atom. The molecular weight excluding hydrogens is 240 g/mol. The summed E-state index contributed by atoms with van der Waals surface area (Å²) in [6.07, 6.45) is 0.721.